The minimum atomic E-state index is -0.392. The highest BCUT2D eigenvalue weighted by molar-refractivity contribution is 5.83. The summed E-state index contributed by atoms with van der Waals surface area (Å²) in [6, 6.07) is 15.3. The Labute approximate surface area is 178 Å². The summed E-state index contributed by atoms with van der Waals surface area (Å²) in [6.45, 7) is 8.27. The molecule has 0 N–H and O–H groups in total. The summed E-state index contributed by atoms with van der Waals surface area (Å²) in [6.07, 6.45) is 6.03. The van der Waals surface area contributed by atoms with Crippen LogP contribution in [0.3, 0.4) is 0 Å². The molecule has 0 aliphatic rings. The number of carbonyl (C=O) groups is 2. The van der Waals surface area contributed by atoms with Crippen LogP contribution in [0.4, 0.5) is 0 Å². The first-order valence-electron chi connectivity index (χ1n) is 9.84. The first kappa shape index (κ1) is 22.9. The van der Waals surface area contributed by atoms with Crippen molar-refractivity contribution in [3.63, 3.8) is 0 Å². The summed E-state index contributed by atoms with van der Waals surface area (Å²) in [7, 11) is 0. The topological polar surface area (TPSA) is 61.8 Å². The van der Waals surface area contributed by atoms with E-state index in [1.165, 1.54) is 12.2 Å². The number of hydrogen-bond donors (Lipinski definition) is 0. The van der Waals surface area contributed by atoms with Gasteiger partial charge in [-0.3, -0.25) is 0 Å². The molecule has 2 aromatic carbocycles. The van der Waals surface area contributed by atoms with E-state index in [1.807, 2.05) is 36.4 Å². The second-order valence-electron chi connectivity index (χ2n) is 7.11. The van der Waals surface area contributed by atoms with E-state index in [9.17, 15) is 9.59 Å². The predicted octanol–water partition coefficient (Wildman–Crippen LogP) is 4.99. The second-order valence-corrected chi connectivity index (χ2v) is 7.11. The fourth-order valence-corrected chi connectivity index (χ4v) is 2.85. The lowest BCUT2D eigenvalue weighted by Gasteiger charge is -2.26. The monoisotopic (exact) mass is 408 g/mol. The predicted molar refractivity (Wildman–Crippen MR) is 117 cm³/mol. The maximum absolute atomic E-state index is 11.6. The molecule has 2 aromatic rings. The number of esters is 2. The SMILES string of the molecule is CC=CC(=O)OCCOc1ccc(C(C)(C)c2ccc(OC(=O)C=CC)cc2)cc1. The summed E-state index contributed by atoms with van der Waals surface area (Å²) >= 11 is 0. The molecule has 0 saturated carbocycles. The van der Waals surface area contributed by atoms with Crippen molar-refractivity contribution in [1.82, 2.24) is 0 Å². The Kier molecular flexibility index (Phi) is 8.41. The van der Waals surface area contributed by atoms with Gasteiger partial charge in [-0.1, -0.05) is 50.3 Å². The Balaban J connectivity index is 1.97. The van der Waals surface area contributed by atoms with E-state index in [0.29, 0.717) is 18.1 Å². The zero-order valence-corrected chi connectivity index (χ0v) is 17.9. The van der Waals surface area contributed by atoms with Gasteiger partial charge in [-0.15, -0.1) is 0 Å². The minimum Gasteiger partial charge on any atom is -0.490 e. The summed E-state index contributed by atoms with van der Waals surface area (Å²) in [4.78, 5) is 22.8. The van der Waals surface area contributed by atoms with E-state index >= 15 is 0 Å². The summed E-state index contributed by atoms with van der Waals surface area (Å²) in [5, 5.41) is 0. The lowest BCUT2D eigenvalue weighted by molar-refractivity contribution is -0.138. The molecule has 0 bridgehead atoms. The largest absolute Gasteiger partial charge is 0.490 e. The van der Waals surface area contributed by atoms with Crippen molar-refractivity contribution in [1.29, 1.82) is 0 Å². The third-order valence-corrected chi connectivity index (χ3v) is 4.57. The molecule has 5 heteroatoms. The van der Waals surface area contributed by atoms with Crippen LogP contribution < -0.4 is 9.47 Å². The van der Waals surface area contributed by atoms with Gasteiger partial charge in [0.2, 0.25) is 0 Å². The molecule has 0 aromatic heterocycles. The van der Waals surface area contributed by atoms with Gasteiger partial charge in [0.15, 0.2) is 0 Å². The first-order valence-corrected chi connectivity index (χ1v) is 9.84. The molecule has 5 nitrogen and oxygen atoms in total. The van der Waals surface area contributed by atoms with Crippen LogP contribution in [-0.4, -0.2) is 25.2 Å². The molecule has 0 fully saturated rings. The van der Waals surface area contributed by atoms with Crippen molar-refractivity contribution < 1.29 is 23.8 Å². The first-order chi connectivity index (χ1) is 14.4. The van der Waals surface area contributed by atoms with Gasteiger partial charge in [0, 0.05) is 17.6 Å². The average molecular weight is 408 g/mol. The molecule has 0 radical (unpaired) electrons. The maximum atomic E-state index is 11.6. The van der Waals surface area contributed by atoms with Gasteiger partial charge in [-0.2, -0.15) is 0 Å². The van der Waals surface area contributed by atoms with Crippen LogP contribution in [0.1, 0.15) is 38.8 Å². The Morgan fingerprint density at radius 1 is 0.767 bits per heavy atom. The van der Waals surface area contributed by atoms with Crippen LogP contribution >= 0.6 is 0 Å². The Morgan fingerprint density at radius 3 is 1.80 bits per heavy atom. The van der Waals surface area contributed by atoms with Gasteiger partial charge in [-0.25, -0.2) is 9.59 Å². The van der Waals surface area contributed by atoms with Crippen LogP contribution in [0, 0.1) is 0 Å². The van der Waals surface area contributed by atoms with Gasteiger partial charge in [0.1, 0.15) is 24.7 Å². The van der Waals surface area contributed by atoms with E-state index in [-0.39, 0.29) is 18.0 Å². The Hall–Kier alpha value is -3.34. The van der Waals surface area contributed by atoms with Gasteiger partial charge in [0.05, 0.1) is 0 Å². The number of carbonyl (C=O) groups excluding carboxylic acids is 2. The molecular weight excluding hydrogens is 380 g/mol. The van der Waals surface area contributed by atoms with Crippen LogP contribution in [-0.2, 0) is 19.7 Å². The van der Waals surface area contributed by atoms with Gasteiger partial charge in [0.25, 0.3) is 0 Å². The number of allylic oxidation sites excluding steroid dienone is 2. The zero-order valence-electron chi connectivity index (χ0n) is 17.9. The van der Waals surface area contributed by atoms with Crippen LogP contribution in [0.25, 0.3) is 0 Å². The number of ether oxygens (including phenoxy) is 3. The Morgan fingerprint density at radius 2 is 1.27 bits per heavy atom. The Bertz CT molecular complexity index is 890. The van der Waals surface area contributed by atoms with Gasteiger partial charge < -0.3 is 14.2 Å². The molecule has 158 valence electrons. The average Bonchev–Trinajstić information content (AvgIpc) is 2.72. The van der Waals surface area contributed by atoms with Crippen molar-refractivity contribution in [3.05, 3.63) is 84.0 Å². The fourth-order valence-electron chi connectivity index (χ4n) is 2.85. The molecule has 0 saturated heterocycles. The summed E-state index contributed by atoms with van der Waals surface area (Å²) in [5.74, 6) is 0.455. The third kappa shape index (κ3) is 6.62. The molecule has 0 aliphatic heterocycles. The standard InChI is InChI=1S/C25H28O5/c1-5-7-23(26)29-18-17-28-21-13-9-19(10-14-21)25(3,4)20-11-15-22(16-12-20)30-24(27)8-6-2/h5-16H,17-18H2,1-4H3. The molecule has 0 unspecified atom stereocenters. The highest BCUT2D eigenvalue weighted by atomic mass is 16.6. The number of rotatable bonds is 9. The summed E-state index contributed by atoms with van der Waals surface area (Å²) < 4.78 is 15.9. The fraction of sp³-hybridized carbons (Fsp3) is 0.280. The summed E-state index contributed by atoms with van der Waals surface area (Å²) in [5.41, 5.74) is 1.97. The smallest absolute Gasteiger partial charge is 0.335 e. The van der Waals surface area contributed by atoms with E-state index in [2.05, 4.69) is 13.8 Å². The lowest BCUT2D eigenvalue weighted by Crippen LogP contribution is -2.19. The number of hydrogen-bond acceptors (Lipinski definition) is 5. The molecule has 0 spiro atoms. The normalized spacial score (nSPS) is 11.6. The molecule has 0 aliphatic carbocycles. The maximum Gasteiger partial charge on any atom is 0.335 e. The van der Waals surface area contributed by atoms with Crippen molar-refractivity contribution in [2.45, 2.75) is 33.1 Å². The van der Waals surface area contributed by atoms with Crippen LogP contribution in [0.5, 0.6) is 11.5 Å². The molecule has 0 atom stereocenters. The number of benzene rings is 2. The lowest BCUT2D eigenvalue weighted by atomic mass is 9.78. The molecular formula is C25H28O5. The molecule has 30 heavy (non-hydrogen) atoms. The molecule has 0 amide bonds. The van der Waals surface area contributed by atoms with Gasteiger partial charge >= 0.3 is 11.9 Å². The van der Waals surface area contributed by atoms with Crippen molar-refractivity contribution >= 4 is 11.9 Å². The molecule has 2 rings (SSSR count). The zero-order chi connectivity index (χ0) is 22.0. The highest BCUT2D eigenvalue weighted by Crippen LogP contribution is 2.33. The quantitative estimate of drug-likeness (QED) is 0.253. The van der Waals surface area contributed by atoms with E-state index in [1.54, 1.807) is 38.1 Å². The van der Waals surface area contributed by atoms with E-state index < -0.39 is 5.97 Å². The van der Waals surface area contributed by atoms with Crippen LogP contribution in [0.2, 0.25) is 0 Å². The van der Waals surface area contributed by atoms with Crippen molar-refractivity contribution in [3.8, 4) is 11.5 Å². The van der Waals surface area contributed by atoms with E-state index in [4.69, 9.17) is 14.2 Å². The van der Waals surface area contributed by atoms with Crippen molar-refractivity contribution in [2.75, 3.05) is 13.2 Å². The third-order valence-electron chi connectivity index (χ3n) is 4.57. The van der Waals surface area contributed by atoms with Crippen LogP contribution in [0.15, 0.2) is 72.8 Å². The second kappa shape index (κ2) is 11.0. The van der Waals surface area contributed by atoms with Gasteiger partial charge in [-0.05, 0) is 49.2 Å². The van der Waals surface area contributed by atoms with Crippen molar-refractivity contribution in [2.24, 2.45) is 0 Å². The minimum absolute atomic E-state index is 0.196. The molecule has 0 heterocycles. The van der Waals surface area contributed by atoms with E-state index in [0.717, 1.165) is 11.1 Å². The highest BCUT2D eigenvalue weighted by Gasteiger charge is 2.23.